The summed E-state index contributed by atoms with van der Waals surface area (Å²) in [6, 6.07) is 8.50. The molecule has 0 atom stereocenters. The molecule has 1 saturated carbocycles. The van der Waals surface area contributed by atoms with Crippen molar-refractivity contribution in [1.29, 1.82) is 0 Å². The van der Waals surface area contributed by atoms with Gasteiger partial charge in [-0.25, -0.2) is 8.42 Å². The Morgan fingerprint density at radius 3 is 2.33 bits per heavy atom. The Labute approximate surface area is 180 Å². The summed E-state index contributed by atoms with van der Waals surface area (Å²) >= 11 is 0. The van der Waals surface area contributed by atoms with E-state index in [4.69, 9.17) is 4.74 Å². The van der Waals surface area contributed by atoms with Crippen molar-refractivity contribution in [2.45, 2.75) is 49.5 Å². The molecule has 0 aromatic heterocycles. The molecular formula is C19H32IN3O3S. The van der Waals surface area contributed by atoms with Crippen LogP contribution in [0.3, 0.4) is 0 Å². The van der Waals surface area contributed by atoms with Crippen molar-refractivity contribution >= 4 is 39.8 Å². The number of hydrogen-bond donors (Lipinski definition) is 2. The van der Waals surface area contributed by atoms with Crippen molar-refractivity contribution in [1.82, 2.24) is 10.6 Å². The summed E-state index contributed by atoms with van der Waals surface area (Å²) in [4.78, 5) is 4.47. The third-order valence-corrected chi connectivity index (χ3v) is 6.27. The van der Waals surface area contributed by atoms with E-state index in [0.29, 0.717) is 36.7 Å². The molecule has 1 aromatic rings. The van der Waals surface area contributed by atoms with Gasteiger partial charge in [-0.3, -0.25) is 4.99 Å². The zero-order valence-electron chi connectivity index (χ0n) is 16.0. The number of hydrogen-bond acceptors (Lipinski definition) is 4. The zero-order chi connectivity index (χ0) is 18.7. The fourth-order valence-corrected chi connectivity index (χ4v) is 4.25. The first kappa shape index (κ1) is 24.2. The third-order valence-electron chi connectivity index (χ3n) is 4.54. The number of rotatable bonds is 8. The summed E-state index contributed by atoms with van der Waals surface area (Å²) in [6.07, 6.45) is 7.86. The quantitative estimate of drug-likeness (QED) is 0.185. The van der Waals surface area contributed by atoms with Crippen molar-refractivity contribution < 1.29 is 13.2 Å². The number of ether oxygens (including phenoxy) is 1. The average molecular weight is 509 g/mol. The Balaban J connectivity index is 0.00000364. The van der Waals surface area contributed by atoms with Crippen molar-refractivity contribution in [3.63, 3.8) is 0 Å². The van der Waals surface area contributed by atoms with Gasteiger partial charge in [-0.05, 0) is 25.0 Å². The normalized spacial score (nSPS) is 16.3. The molecule has 6 nitrogen and oxygen atoms in total. The van der Waals surface area contributed by atoms with Crippen LogP contribution in [0.5, 0.6) is 0 Å². The monoisotopic (exact) mass is 509 g/mol. The average Bonchev–Trinajstić information content (AvgIpc) is 2.93. The molecule has 0 unspecified atom stereocenters. The molecule has 2 N–H and O–H groups in total. The second kappa shape index (κ2) is 13.3. The Bertz CT molecular complexity index is 645. The van der Waals surface area contributed by atoms with Crippen LogP contribution in [0.2, 0.25) is 0 Å². The summed E-state index contributed by atoms with van der Waals surface area (Å²) in [5.74, 6) is 0.619. The highest BCUT2D eigenvalue weighted by atomic mass is 127. The lowest BCUT2D eigenvalue weighted by molar-refractivity contribution is 0.0468. The summed E-state index contributed by atoms with van der Waals surface area (Å²) < 4.78 is 30.4. The molecule has 0 bridgehead atoms. The van der Waals surface area contributed by atoms with Crippen molar-refractivity contribution in [2.75, 3.05) is 32.5 Å². The fraction of sp³-hybridized carbons (Fsp3) is 0.632. The van der Waals surface area contributed by atoms with E-state index in [-0.39, 0.29) is 29.7 Å². The number of guanidine groups is 1. The van der Waals surface area contributed by atoms with Gasteiger partial charge in [0.15, 0.2) is 15.8 Å². The first-order chi connectivity index (χ1) is 12.6. The molecular weight excluding hydrogens is 477 g/mol. The molecule has 1 aromatic carbocycles. The lowest BCUT2D eigenvalue weighted by atomic mass is 10.1. The molecule has 0 heterocycles. The van der Waals surface area contributed by atoms with Crippen LogP contribution in [-0.4, -0.2) is 53.0 Å². The fourth-order valence-electron chi connectivity index (χ4n) is 3.07. The van der Waals surface area contributed by atoms with Crippen LogP contribution in [-0.2, 0) is 14.6 Å². The molecule has 1 fully saturated rings. The first-order valence-electron chi connectivity index (χ1n) is 9.46. The van der Waals surface area contributed by atoms with Crippen LogP contribution in [0.15, 0.2) is 40.2 Å². The number of aliphatic imine (C=N–C) groups is 1. The first-order valence-corrected chi connectivity index (χ1v) is 11.1. The van der Waals surface area contributed by atoms with Crippen LogP contribution in [0.1, 0.15) is 38.5 Å². The van der Waals surface area contributed by atoms with Crippen LogP contribution in [0.4, 0.5) is 0 Å². The highest BCUT2D eigenvalue weighted by Gasteiger charge is 2.14. The molecule has 154 valence electrons. The highest BCUT2D eigenvalue weighted by Crippen LogP contribution is 2.19. The van der Waals surface area contributed by atoms with E-state index in [1.54, 1.807) is 37.4 Å². The third kappa shape index (κ3) is 9.25. The summed E-state index contributed by atoms with van der Waals surface area (Å²) in [6.45, 7) is 1.59. The molecule has 0 aliphatic heterocycles. The zero-order valence-corrected chi connectivity index (χ0v) is 19.2. The van der Waals surface area contributed by atoms with E-state index in [1.807, 2.05) is 0 Å². The van der Waals surface area contributed by atoms with E-state index >= 15 is 0 Å². The molecule has 8 heteroatoms. The Morgan fingerprint density at radius 1 is 1.07 bits per heavy atom. The lowest BCUT2D eigenvalue weighted by Crippen LogP contribution is -2.41. The van der Waals surface area contributed by atoms with Gasteiger partial charge >= 0.3 is 0 Å². The second-order valence-corrected chi connectivity index (χ2v) is 8.65. The summed E-state index contributed by atoms with van der Waals surface area (Å²) in [7, 11) is -1.60. The van der Waals surface area contributed by atoms with E-state index in [9.17, 15) is 8.42 Å². The van der Waals surface area contributed by atoms with Gasteiger partial charge in [-0.15, -0.1) is 24.0 Å². The highest BCUT2D eigenvalue weighted by molar-refractivity contribution is 14.0. The maximum atomic E-state index is 12.2. The van der Waals surface area contributed by atoms with Crippen LogP contribution in [0, 0.1) is 0 Å². The van der Waals surface area contributed by atoms with Gasteiger partial charge in [0.2, 0.25) is 0 Å². The second-order valence-electron chi connectivity index (χ2n) is 6.54. The van der Waals surface area contributed by atoms with Gasteiger partial charge in [0, 0.05) is 20.1 Å². The molecule has 0 saturated heterocycles. The van der Waals surface area contributed by atoms with Gasteiger partial charge in [0.05, 0.1) is 23.4 Å². The summed E-state index contributed by atoms with van der Waals surface area (Å²) in [5.41, 5.74) is 0. The molecule has 0 radical (unpaired) electrons. The Kier molecular flexibility index (Phi) is 11.9. The minimum Gasteiger partial charge on any atom is -0.376 e. The van der Waals surface area contributed by atoms with E-state index in [1.165, 1.54) is 25.7 Å². The predicted molar refractivity (Wildman–Crippen MR) is 121 cm³/mol. The van der Waals surface area contributed by atoms with Gasteiger partial charge < -0.3 is 15.4 Å². The minimum atomic E-state index is -3.28. The number of halogens is 1. The van der Waals surface area contributed by atoms with Crippen LogP contribution < -0.4 is 10.6 Å². The maximum Gasteiger partial charge on any atom is 0.191 e. The van der Waals surface area contributed by atoms with Gasteiger partial charge in [0.1, 0.15) is 0 Å². The number of sulfone groups is 1. The largest absolute Gasteiger partial charge is 0.376 e. The Morgan fingerprint density at radius 2 is 1.70 bits per heavy atom. The van der Waals surface area contributed by atoms with Gasteiger partial charge in [-0.2, -0.15) is 0 Å². The molecule has 2 rings (SSSR count). The van der Waals surface area contributed by atoms with Gasteiger partial charge in [-0.1, -0.05) is 43.9 Å². The number of nitrogens with one attached hydrogen (secondary N) is 2. The molecule has 27 heavy (non-hydrogen) atoms. The Hall–Kier alpha value is -0.870. The van der Waals surface area contributed by atoms with Crippen molar-refractivity contribution in [3.05, 3.63) is 30.3 Å². The minimum absolute atomic E-state index is 0. The molecule has 1 aliphatic carbocycles. The topological polar surface area (TPSA) is 79.8 Å². The SMILES string of the molecule is CN=C(NCCOC1CCCCCC1)NCCS(=O)(=O)c1ccccc1.I. The molecule has 0 amide bonds. The number of nitrogens with zero attached hydrogens (tertiary/aromatic N) is 1. The molecule has 1 aliphatic rings. The summed E-state index contributed by atoms with van der Waals surface area (Å²) in [5, 5.41) is 6.22. The predicted octanol–water partition coefficient (Wildman–Crippen LogP) is 2.98. The maximum absolute atomic E-state index is 12.2. The smallest absolute Gasteiger partial charge is 0.191 e. The molecule has 0 spiro atoms. The van der Waals surface area contributed by atoms with Crippen LogP contribution in [0.25, 0.3) is 0 Å². The lowest BCUT2D eigenvalue weighted by Gasteiger charge is -2.16. The number of benzene rings is 1. The van der Waals surface area contributed by atoms with E-state index in [0.717, 1.165) is 12.8 Å². The standard InChI is InChI=1S/C19H31N3O3S.HI/c1-20-19(21-13-15-25-17-9-5-2-3-6-10-17)22-14-16-26(23,24)18-11-7-4-8-12-18;/h4,7-8,11-12,17H,2-3,5-6,9-10,13-16H2,1H3,(H2,20,21,22);1H. The van der Waals surface area contributed by atoms with Crippen molar-refractivity contribution in [2.24, 2.45) is 4.99 Å². The van der Waals surface area contributed by atoms with Gasteiger partial charge in [0.25, 0.3) is 0 Å². The van der Waals surface area contributed by atoms with E-state index in [2.05, 4.69) is 15.6 Å². The van der Waals surface area contributed by atoms with Crippen molar-refractivity contribution in [3.8, 4) is 0 Å². The van der Waals surface area contributed by atoms with E-state index < -0.39 is 9.84 Å². The van der Waals surface area contributed by atoms with Crippen LogP contribution >= 0.6 is 24.0 Å².